The Hall–Kier alpha value is -2.82. The van der Waals surface area contributed by atoms with E-state index in [1.54, 1.807) is 19.4 Å². The molecule has 0 fully saturated rings. The largest absolute Gasteiger partial charge is 0.481 e. The van der Waals surface area contributed by atoms with Gasteiger partial charge in [-0.3, -0.25) is 0 Å². The van der Waals surface area contributed by atoms with Crippen LogP contribution in [0.3, 0.4) is 0 Å². The van der Waals surface area contributed by atoms with Crippen LogP contribution in [-0.4, -0.2) is 24.7 Å². The molecule has 2 aromatic rings. The van der Waals surface area contributed by atoms with Gasteiger partial charge < -0.3 is 14.8 Å². The van der Waals surface area contributed by atoms with Crippen molar-refractivity contribution in [2.24, 2.45) is 0 Å². The molecule has 0 spiro atoms. The molecule has 0 unspecified atom stereocenters. The molecule has 0 radical (unpaired) electrons. The number of amides is 1. The van der Waals surface area contributed by atoms with E-state index >= 15 is 0 Å². The Morgan fingerprint density at radius 2 is 2.00 bits per heavy atom. The lowest BCUT2D eigenvalue weighted by Crippen LogP contribution is -2.26. The maximum absolute atomic E-state index is 11.9. The zero-order valence-corrected chi connectivity index (χ0v) is 14.0. The monoisotopic (exact) mass is 326 g/mol. The van der Waals surface area contributed by atoms with Crippen molar-refractivity contribution in [3.05, 3.63) is 65.9 Å². The number of alkyl carbamates (subject to hydrolysis) is 1. The van der Waals surface area contributed by atoms with E-state index in [9.17, 15) is 4.79 Å². The van der Waals surface area contributed by atoms with Crippen LogP contribution in [0.4, 0.5) is 4.79 Å². The number of aromatic nitrogens is 1. The summed E-state index contributed by atoms with van der Waals surface area (Å²) < 4.78 is 10.3. The van der Waals surface area contributed by atoms with Crippen molar-refractivity contribution in [1.82, 2.24) is 10.3 Å². The van der Waals surface area contributed by atoms with Crippen molar-refractivity contribution in [1.29, 1.82) is 0 Å². The van der Waals surface area contributed by atoms with Gasteiger partial charge in [0.15, 0.2) is 0 Å². The van der Waals surface area contributed by atoms with Crippen LogP contribution >= 0.6 is 0 Å². The lowest BCUT2D eigenvalue weighted by molar-refractivity contribution is 0.141. The third-order valence-corrected chi connectivity index (χ3v) is 3.40. The molecular weight excluding hydrogens is 304 g/mol. The molecule has 0 aliphatic rings. The molecule has 1 heterocycles. The SMILES string of the molecule is CC/C=C(\CNC(=O)OCc1ccccc1)c1ccc(OC)nc1. The standard InChI is InChI=1S/C19H22N2O3/c1-3-7-16(17-10-11-18(23-2)20-12-17)13-21-19(22)24-14-15-8-5-4-6-9-15/h4-12H,3,13-14H2,1-2H3,(H,21,22)/b16-7+. The summed E-state index contributed by atoms with van der Waals surface area (Å²) in [4.78, 5) is 16.1. The molecule has 0 aliphatic carbocycles. The minimum absolute atomic E-state index is 0.254. The molecule has 0 bridgehead atoms. The highest BCUT2D eigenvalue weighted by Gasteiger charge is 2.07. The molecule has 1 N–H and O–H groups in total. The number of allylic oxidation sites excluding steroid dienone is 1. The zero-order chi connectivity index (χ0) is 17.2. The van der Waals surface area contributed by atoms with Crippen LogP contribution in [-0.2, 0) is 11.3 Å². The Balaban J connectivity index is 1.88. The van der Waals surface area contributed by atoms with Crippen molar-refractivity contribution in [2.45, 2.75) is 20.0 Å². The number of benzene rings is 1. The Bertz CT molecular complexity index is 667. The Kier molecular flexibility index (Phi) is 6.83. The molecule has 5 nitrogen and oxygen atoms in total. The van der Waals surface area contributed by atoms with E-state index in [0.717, 1.165) is 23.1 Å². The van der Waals surface area contributed by atoms with Crippen LogP contribution in [0.5, 0.6) is 5.88 Å². The average Bonchev–Trinajstić information content (AvgIpc) is 2.64. The number of hydrogen-bond donors (Lipinski definition) is 1. The van der Waals surface area contributed by atoms with E-state index < -0.39 is 6.09 Å². The smallest absolute Gasteiger partial charge is 0.407 e. The van der Waals surface area contributed by atoms with Crippen molar-refractivity contribution >= 4 is 11.7 Å². The molecule has 24 heavy (non-hydrogen) atoms. The van der Waals surface area contributed by atoms with Gasteiger partial charge in [-0.2, -0.15) is 0 Å². The van der Waals surface area contributed by atoms with Crippen molar-refractivity contribution < 1.29 is 14.3 Å². The summed E-state index contributed by atoms with van der Waals surface area (Å²) in [5.41, 5.74) is 2.89. The molecule has 126 valence electrons. The predicted molar refractivity (Wildman–Crippen MR) is 93.7 cm³/mol. The molecule has 5 heteroatoms. The minimum Gasteiger partial charge on any atom is -0.481 e. The van der Waals surface area contributed by atoms with Gasteiger partial charge in [-0.1, -0.05) is 43.3 Å². The highest BCUT2D eigenvalue weighted by molar-refractivity contribution is 5.73. The van der Waals surface area contributed by atoms with E-state index in [4.69, 9.17) is 9.47 Å². The molecule has 0 atom stereocenters. The fourth-order valence-electron chi connectivity index (χ4n) is 2.17. The second-order valence-corrected chi connectivity index (χ2v) is 5.14. The fraction of sp³-hybridized carbons (Fsp3) is 0.263. The highest BCUT2D eigenvalue weighted by atomic mass is 16.5. The van der Waals surface area contributed by atoms with Crippen LogP contribution < -0.4 is 10.1 Å². The number of pyridine rings is 1. The van der Waals surface area contributed by atoms with E-state index in [-0.39, 0.29) is 6.61 Å². The van der Waals surface area contributed by atoms with E-state index in [2.05, 4.69) is 16.4 Å². The van der Waals surface area contributed by atoms with E-state index in [0.29, 0.717) is 12.4 Å². The van der Waals surface area contributed by atoms with Gasteiger partial charge in [0.1, 0.15) is 6.61 Å². The summed E-state index contributed by atoms with van der Waals surface area (Å²) in [7, 11) is 1.58. The summed E-state index contributed by atoms with van der Waals surface area (Å²) in [5, 5.41) is 2.78. The van der Waals surface area contributed by atoms with Crippen molar-refractivity contribution in [2.75, 3.05) is 13.7 Å². The van der Waals surface area contributed by atoms with Crippen LogP contribution in [0, 0.1) is 0 Å². The van der Waals surface area contributed by atoms with E-state index in [1.807, 2.05) is 43.3 Å². The van der Waals surface area contributed by atoms with Gasteiger partial charge in [0, 0.05) is 18.8 Å². The number of methoxy groups -OCH3 is 1. The molecule has 1 aromatic heterocycles. The maximum atomic E-state index is 11.9. The number of hydrogen-bond acceptors (Lipinski definition) is 4. The molecule has 0 saturated heterocycles. The summed E-state index contributed by atoms with van der Waals surface area (Å²) >= 11 is 0. The number of nitrogens with one attached hydrogen (secondary N) is 1. The molecule has 1 aromatic carbocycles. The lowest BCUT2D eigenvalue weighted by Gasteiger charge is -2.11. The Labute approximate surface area is 142 Å². The molecule has 2 rings (SSSR count). The molecule has 0 saturated carbocycles. The third-order valence-electron chi connectivity index (χ3n) is 3.40. The summed E-state index contributed by atoms with van der Waals surface area (Å²) in [6, 6.07) is 13.3. The van der Waals surface area contributed by atoms with Gasteiger partial charge in [0.05, 0.1) is 7.11 Å². The average molecular weight is 326 g/mol. The first-order chi connectivity index (χ1) is 11.7. The topological polar surface area (TPSA) is 60.5 Å². The normalized spacial score (nSPS) is 11.0. The fourth-order valence-corrected chi connectivity index (χ4v) is 2.17. The van der Waals surface area contributed by atoms with Gasteiger partial charge in [-0.05, 0) is 29.2 Å². The van der Waals surface area contributed by atoms with Crippen molar-refractivity contribution in [3.63, 3.8) is 0 Å². The number of carbonyl (C=O) groups is 1. The minimum atomic E-state index is -0.442. The first-order valence-electron chi connectivity index (χ1n) is 7.87. The van der Waals surface area contributed by atoms with Crippen LogP contribution in [0.25, 0.3) is 5.57 Å². The van der Waals surface area contributed by atoms with E-state index in [1.165, 1.54) is 0 Å². The number of nitrogens with zero attached hydrogens (tertiary/aromatic N) is 1. The van der Waals surface area contributed by atoms with Crippen LogP contribution in [0.15, 0.2) is 54.7 Å². The van der Waals surface area contributed by atoms with Gasteiger partial charge in [0.25, 0.3) is 0 Å². The molecular formula is C19H22N2O3. The zero-order valence-electron chi connectivity index (χ0n) is 14.0. The van der Waals surface area contributed by atoms with Crippen LogP contribution in [0.1, 0.15) is 24.5 Å². The second kappa shape index (κ2) is 9.35. The number of ether oxygens (including phenoxy) is 2. The van der Waals surface area contributed by atoms with Gasteiger partial charge in [0.2, 0.25) is 5.88 Å². The lowest BCUT2D eigenvalue weighted by atomic mass is 10.1. The summed E-state index contributed by atoms with van der Waals surface area (Å²) in [6.07, 6.45) is 4.21. The summed E-state index contributed by atoms with van der Waals surface area (Å²) in [6.45, 7) is 2.68. The van der Waals surface area contributed by atoms with Gasteiger partial charge in [-0.15, -0.1) is 0 Å². The first kappa shape index (κ1) is 17.5. The molecule has 1 amide bonds. The molecule has 0 aliphatic heterocycles. The third kappa shape index (κ3) is 5.43. The predicted octanol–water partition coefficient (Wildman–Crippen LogP) is 3.81. The Morgan fingerprint density at radius 3 is 2.62 bits per heavy atom. The quantitative estimate of drug-likeness (QED) is 0.840. The van der Waals surface area contributed by atoms with Gasteiger partial charge in [-0.25, -0.2) is 9.78 Å². The maximum Gasteiger partial charge on any atom is 0.407 e. The van der Waals surface area contributed by atoms with Crippen LogP contribution in [0.2, 0.25) is 0 Å². The number of carbonyl (C=O) groups excluding carboxylic acids is 1. The van der Waals surface area contributed by atoms with Crippen molar-refractivity contribution in [3.8, 4) is 5.88 Å². The highest BCUT2D eigenvalue weighted by Crippen LogP contribution is 2.16. The van der Waals surface area contributed by atoms with Gasteiger partial charge >= 0.3 is 6.09 Å². The second-order valence-electron chi connectivity index (χ2n) is 5.14. The Morgan fingerprint density at radius 1 is 1.21 bits per heavy atom. The number of rotatable bonds is 7. The first-order valence-corrected chi connectivity index (χ1v) is 7.87. The summed E-state index contributed by atoms with van der Waals surface area (Å²) in [5.74, 6) is 0.560.